The summed E-state index contributed by atoms with van der Waals surface area (Å²) in [4.78, 5) is 33.9. The van der Waals surface area contributed by atoms with Crippen LogP contribution in [-0.2, 0) is 9.47 Å². The lowest BCUT2D eigenvalue weighted by molar-refractivity contribution is 0.0573. The van der Waals surface area contributed by atoms with Crippen molar-refractivity contribution >= 4 is 18.1 Å². The first-order chi connectivity index (χ1) is 16.3. The molecule has 0 aliphatic rings. The van der Waals surface area contributed by atoms with Gasteiger partial charge in [0.1, 0.15) is 24.0 Å². The molecule has 10 heteroatoms. The number of imide groups is 1. The van der Waals surface area contributed by atoms with Gasteiger partial charge in [0.2, 0.25) is 5.95 Å². The average molecular weight is 484 g/mol. The largest absolute Gasteiger partial charge is 0.490 e. The van der Waals surface area contributed by atoms with Crippen molar-refractivity contribution in [2.75, 3.05) is 18.6 Å². The van der Waals surface area contributed by atoms with E-state index >= 15 is 0 Å². The normalized spacial score (nSPS) is 12.9. The van der Waals surface area contributed by atoms with Crippen LogP contribution in [0.5, 0.6) is 5.75 Å². The molecule has 1 atom stereocenters. The van der Waals surface area contributed by atoms with Gasteiger partial charge in [-0.25, -0.2) is 19.6 Å². The Bertz CT molecular complexity index is 1100. The van der Waals surface area contributed by atoms with Crippen LogP contribution in [0.3, 0.4) is 0 Å². The molecule has 0 bridgehead atoms. The summed E-state index contributed by atoms with van der Waals surface area (Å²) in [5.74, 6) is 0.578. The van der Waals surface area contributed by atoms with Crippen molar-refractivity contribution < 1.29 is 23.8 Å². The fraction of sp³-hybridized carbons (Fsp3) is 0.480. The van der Waals surface area contributed by atoms with Gasteiger partial charge < -0.3 is 19.9 Å². The van der Waals surface area contributed by atoms with Crippen molar-refractivity contribution in [1.82, 2.24) is 9.97 Å². The van der Waals surface area contributed by atoms with Crippen LogP contribution in [0.15, 0.2) is 30.5 Å². The topological polar surface area (TPSA) is 141 Å². The summed E-state index contributed by atoms with van der Waals surface area (Å²) in [6, 6.07) is 8.69. The Morgan fingerprint density at radius 2 is 1.86 bits per heavy atom. The summed E-state index contributed by atoms with van der Waals surface area (Å²) in [5, 5.41) is 9.67. The third-order valence-corrected chi connectivity index (χ3v) is 4.60. The molecule has 188 valence electrons. The second-order valence-corrected chi connectivity index (χ2v) is 9.89. The molecule has 0 fully saturated rings. The first-order valence-electron chi connectivity index (χ1n) is 11.2. The summed E-state index contributed by atoms with van der Waals surface area (Å²) in [5.41, 5.74) is 6.15. The van der Waals surface area contributed by atoms with Gasteiger partial charge in [-0.1, -0.05) is 13.8 Å². The van der Waals surface area contributed by atoms with Gasteiger partial charge in [0.25, 0.3) is 0 Å². The number of nitrogens with zero attached hydrogens (tertiary/aromatic N) is 4. The van der Waals surface area contributed by atoms with Gasteiger partial charge in [0.15, 0.2) is 0 Å². The van der Waals surface area contributed by atoms with Crippen molar-refractivity contribution in [1.29, 1.82) is 5.26 Å². The van der Waals surface area contributed by atoms with Crippen molar-refractivity contribution in [2.24, 2.45) is 11.7 Å². The van der Waals surface area contributed by atoms with Crippen LogP contribution >= 0.6 is 0 Å². The van der Waals surface area contributed by atoms with E-state index in [1.54, 1.807) is 45.0 Å². The number of hydrogen-bond acceptors (Lipinski definition) is 9. The maximum Gasteiger partial charge on any atom is 0.427 e. The molecule has 1 unspecified atom stereocenters. The SMILES string of the molecule is COC(=O)N(C(=O)OC(C)(C)C)c1nccc(-c2ccc(OCC(C)(N)CC(C)C)c(C#N)c2)n1. The zero-order valence-corrected chi connectivity index (χ0v) is 21.3. The predicted molar refractivity (Wildman–Crippen MR) is 131 cm³/mol. The number of carbonyl (C=O) groups excluding carboxylic acids is 2. The van der Waals surface area contributed by atoms with E-state index in [0.717, 1.165) is 13.5 Å². The molecule has 2 rings (SSSR count). The monoisotopic (exact) mass is 483 g/mol. The van der Waals surface area contributed by atoms with Gasteiger partial charge in [0.05, 0.1) is 18.4 Å². The standard InChI is InChI=1S/C25H33N5O5/c1-16(2)13-25(6,27)15-34-20-9-8-17(12-18(20)14-26)19-10-11-28-21(29-19)30(22(31)33-7)23(32)35-24(3,4)5/h8-12,16H,13,15,27H2,1-7H3. The predicted octanol–water partition coefficient (Wildman–Crippen LogP) is 4.67. The van der Waals surface area contributed by atoms with Crippen molar-refractivity contribution in [3.05, 3.63) is 36.0 Å². The van der Waals surface area contributed by atoms with E-state index in [9.17, 15) is 14.9 Å². The van der Waals surface area contributed by atoms with E-state index in [4.69, 9.17) is 19.9 Å². The van der Waals surface area contributed by atoms with Crippen LogP contribution in [0.25, 0.3) is 11.3 Å². The number of aromatic nitrogens is 2. The van der Waals surface area contributed by atoms with Crippen LogP contribution in [0.2, 0.25) is 0 Å². The highest BCUT2D eigenvalue weighted by atomic mass is 16.6. The number of amides is 2. The Morgan fingerprint density at radius 1 is 1.17 bits per heavy atom. The van der Waals surface area contributed by atoms with Gasteiger partial charge in [-0.2, -0.15) is 5.26 Å². The van der Waals surface area contributed by atoms with Crippen LogP contribution in [0, 0.1) is 17.2 Å². The third-order valence-electron chi connectivity index (χ3n) is 4.60. The van der Waals surface area contributed by atoms with Crippen LogP contribution in [-0.4, -0.2) is 47.0 Å². The molecule has 1 aromatic heterocycles. The van der Waals surface area contributed by atoms with E-state index in [1.165, 1.54) is 6.20 Å². The first-order valence-corrected chi connectivity index (χ1v) is 11.2. The lowest BCUT2D eigenvalue weighted by Crippen LogP contribution is -2.43. The summed E-state index contributed by atoms with van der Waals surface area (Å²) >= 11 is 0. The lowest BCUT2D eigenvalue weighted by atomic mass is 9.93. The molecule has 0 saturated carbocycles. The molecule has 0 saturated heterocycles. The number of methoxy groups -OCH3 is 1. The van der Waals surface area contributed by atoms with E-state index in [0.29, 0.717) is 33.4 Å². The molecule has 0 spiro atoms. The third kappa shape index (κ3) is 7.93. The number of nitrogens with two attached hydrogens (primary N) is 1. The number of anilines is 1. The Hall–Kier alpha value is -3.71. The van der Waals surface area contributed by atoms with E-state index in [-0.39, 0.29) is 12.6 Å². The number of hydrogen-bond donors (Lipinski definition) is 1. The molecular weight excluding hydrogens is 450 g/mol. The molecule has 10 nitrogen and oxygen atoms in total. The highest BCUT2D eigenvalue weighted by Gasteiger charge is 2.32. The minimum absolute atomic E-state index is 0.227. The van der Waals surface area contributed by atoms with Gasteiger partial charge in [-0.15, -0.1) is 4.90 Å². The number of nitriles is 1. The molecule has 1 aromatic carbocycles. The van der Waals surface area contributed by atoms with E-state index in [2.05, 4.69) is 29.9 Å². The van der Waals surface area contributed by atoms with Crippen molar-refractivity contribution in [2.45, 2.75) is 59.1 Å². The molecule has 0 aliphatic heterocycles. The summed E-state index contributed by atoms with van der Waals surface area (Å²) in [6.07, 6.45) is 0.184. The van der Waals surface area contributed by atoms with Gasteiger partial charge in [0, 0.05) is 17.3 Å². The average Bonchev–Trinajstić information content (AvgIpc) is 2.75. The number of carbonyl (C=O) groups is 2. The zero-order chi connectivity index (χ0) is 26.4. The van der Waals surface area contributed by atoms with Gasteiger partial charge in [-0.05, 0) is 64.3 Å². The summed E-state index contributed by atoms with van der Waals surface area (Å²) in [6.45, 7) is 11.3. The summed E-state index contributed by atoms with van der Waals surface area (Å²) in [7, 11) is 1.13. The fourth-order valence-corrected chi connectivity index (χ4v) is 3.39. The molecule has 2 amide bonds. The van der Waals surface area contributed by atoms with Gasteiger partial charge >= 0.3 is 12.2 Å². The van der Waals surface area contributed by atoms with Crippen molar-refractivity contribution in [3.8, 4) is 23.1 Å². The zero-order valence-electron chi connectivity index (χ0n) is 21.3. The lowest BCUT2D eigenvalue weighted by Gasteiger charge is -2.26. The highest BCUT2D eigenvalue weighted by Crippen LogP contribution is 2.27. The van der Waals surface area contributed by atoms with Crippen LogP contribution < -0.4 is 15.4 Å². The Labute approximate surface area is 206 Å². The molecular formula is C25H33N5O5. The van der Waals surface area contributed by atoms with Crippen LogP contribution in [0.4, 0.5) is 15.5 Å². The minimum atomic E-state index is -0.996. The molecule has 0 aliphatic carbocycles. The van der Waals surface area contributed by atoms with Crippen molar-refractivity contribution in [3.63, 3.8) is 0 Å². The first kappa shape index (κ1) is 27.5. The molecule has 0 radical (unpaired) electrons. The van der Waals surface area contributed by atoms with Gasteiger partial charge in [-0.3, -0.25) is 0 Å². The molecule has 35 heavy (non-hydrogen) atoms. The minimum Gasteiger partial charge on any atom is -0.490 e. The molecule has 2 aromatic rings. The second kappa shape index (κ2) is 11.1. The Kier molecular flexibility index (Phi) is 8.77. The smallest absolute Gasteiger partial charge is 0.427 e. The number of benzene rings is 1. The number of ether oxygens (including phenoxy) is 3. The quantitative estimate of drug-likeness (QED) is 0.595. The Balaban J connectivity index is 2.36. The molecule has 1 heterocycles. The fourth-order valence-electron chi connectivity index (χ4n) is 3.39. The Morgan fingerprint density at radius 3 is 2.43 bits per heavy atom. The van der Waals surface area contributed by atoms with Crippen LogP contribution in [0.1, 0.15) is 53.5 Å². The van der Waals surface area contributed by atoms with E-state index in [1.807, 2.05) is 6.92 Å². The van der Waals surface area contributed by atoms with E-state index < -0.39 is 23.3 Å². The number of rotatable bonds is 7. The summed E-state index contributed by atoms with van der Waals surface area (Å²) < 4.78 is 15.9. The maximum absolute atomic E-state index is 12.6. The highest BCUT2D eigenvalue weighted by molar-refractivity contribution is 6.08. The maximum atomic E-state index is 12.6. The molecule has 2 N–H and O–H groups in total. The second-order valence-electron chi connectivity index (χ2n) is 9.89.